The normalized spacial score (nSPS) is 17.1. The van der Waals surface area contributed by atoms with Crippen LogP contribution in [0.25, 0.3) is 0 Å². The van der Waals surface area contributed by atoms with Crippen LogP contribution in [0.2, 0.25) is 0 Å². The molecule has 2 heterocycles. The van der Waals surface area contributed by atoms with Crippen molar-refractivity contribution in [1.29, 1.82) is 0 Å². The average Bonchev–Trinajstić information content (AvgIpc) is 2.68. The van der Waals surface area contributed by atoms with Gasteiger partial charge < -0.3 is 10.2 Å². The fraction of sp³-hybridized carbons (Fsp3) is 0.667. The number of amides is 1. The Morgan fingerprint density at radius 3 is 2.63 bits per heavy atom. The smallest absolute Gasteiger partial charge is 0.261 e. The van der Waals surface area contributed by atoms with Gasteiger partial charge in [-0.1, -0.05) is 12.8 Å². The van der Waals surface area contributed by atoms with E-state index < -0.39 is 0 Å². The highest BCUT2D eigenvalue weighted by Gasteiger charge is 2.09. The van der Waals surface area contributed by atoms with E-state index in [0.717, 1.165) is 24.4 Å². The Morgan fingerprint density at radius 1 is 1.26 bits per heavy atom. The Hall–Kier alpha value is -0.870. The molecule has 2 rings (SSSR count). The van der Waals surface area contributed by atoms with Crippen LogP contribution in [0.3, 0.4) is 0 Å². The van der Waals surface area contributed by atoms with Crippen LogP contribution in [-0.4, -0.2) is 37.0 Å². The number of nitrogens with one attached hydrogen (secondary N) is 1. The summed E-state index contributed by atoms with van der Waals surface area (Å²) >= 11 is 1.56. The highest BCUT2D eigenvalue weighted by molar-refractivity contribution is 7.13. The van der Waals surface area contributed by atoms with Crippen LogP contribution in [0, 0.1) is 6.92 Å². The van der Waals surface area contributed by atoms with Gasteiger partial charge in [-0.2, -0.15) is 0 Å². The van der Waals surface area contributed by atoms with Crippen LogP contribution in [0.15, 0.2) is 12.1 Å². The molecular formula is C15H24N2OS. The predicted molar refractivity (Wildman–Crippen MR) is 80.9 cm³/mol. The van der Waals surface area contributed by atoms with Crippen molar-refractivity contribution in [1.82, 2.24) is 10.2 Å². The van der Waals surface area contributed by atoms with Gasteiger partial charge in [-0.25, -0.2) is 0 Å². The Bertz CT molecular complexity index is 395. The lowest BCUT2D eigenvalue weighted by Crippen LogP contribution is -2.30. The summed E-state index contributed by atoms with van der Waals surface area (Å²) in [7, 11) is 0. The maximum atomic E-state index is 11.8. The topological polar surface area (TPSA) is 32.3 Å². The highest BCUT2D eigenvalue weighted by Crippen LogP contribution is 2.14. The van der Waals surface area contributed by atoms with E-state index >= 15 is 0 Å². The molecule has 0 aliphatic carbocycles. The molecule has 1 aliphatic rings. The number of nitrogens with zero attached hydrogens (tertiary/aromatic N) is 1. The third-order valence-electron chi connectivity index (χ3n) is 3.60. The van der Waals surface area contributed by atoms with Gasteiger partial charge in [-0.05, 0) is 58.0 Å². The number of aryl methyl sites for hydroxylation is 1. The van der Waals surface area contributed by atoms with Crippen molar-refractivity contribution >= 4 is 17.2 Å². The van der Waals surface area contributed by atoms with Gasteiger partial charge in [0.05, 0.1) is 4.88 Å². The molecule has 1 aromatic heterocycles. The van der Waals surface area contributed by atoms with E-state index in [1.54, 1.807) is 11.3 Å². The van der Waals surface area contributed by atoms with E-state index in [9.17, 15) is 4.79 Å². The second-order valence-electron chi connectivity index (χ2n) is 5.28. The standard InChI is InChI=1S/C15H24N2OS/c1-13-7-8-14(19-13)15(18)16-9-6-12-17-10-4-2-3-5-11-17/h7-8H,2-6,9-12H2,1H3,(H,16,18). The zero-order valence-corrected chi connectivity index (χ0v) is 12.6. The first-order valence-electron chi connectivity index (χ1n) is 7.33. The number of thiophene rings is 1. The molecule has 0 unspecified atom stereocenters. The molecule has 0 aromatic carbocycles. The average molecular weight is 280 g/mol. The lowest BCUT2D eigenvalue weighted by molar-refractivity contribution is 0.0955. The lowest BCUT2D eigenvalue weighted by Gasteiger charge is -2.19. The summed E-state index contributed by atoms with van der Waals surface area (Å²) in [6.07, 6.45) is 6.48. The Labute approximate surface area is 120 Å². The van der Waals surface area contributed by atoms with Crippen LogP contribution < -0.4 is 5.32 Å². The summed E-state index contributed by atoms with van der Waals surface area (Å²) in [5.41, 5.74) is 0. The van der Waals surface area contributed by atoms with Crippen LogP contribution >= 0.6 is 11.3 Å². The molecule has 1 amide bonds. The molecule has 1 aliphatic heterocycles. The maximum absolute atomic E-state index is 11.8. The second kappa shape index (κ2) is 7.65. The molecule has 0 saturated carbocycles. The van der Waals surface area contributed by atoms with Gasteiger partial charge in [-0.3, -0.25) is 4.79 Å². The summed E-state index contributed by atoms with van der Waals surface area (Å²) in [6.45, 7) is 6.40. The van der Waals surface area contributed by atoms with Gasteiger partial charge in [-0.15, -0.1) is 11.3 Å². The van der Waals surface area contributed by atoms with Gasteiger partial charge in [0.2, 0.25) is 0 Å². The van der Waals surface area contributed by atoms with E-state index in [-0.39, 0.29) is 5.91 Å². The largest absolute Gasteiger partial charge is 0.351 e. The van der Waals surface area contributed by atoms with Gasteiger partial charge in [0.1, 0.15) is 0 Å². The fourth-order valence-electron chi connectivity index (χ4n) is 2.51. The van der Waals surface area contributed by atoms with Crippen LogP contribution in [-0.2, 0) is 0 Å². The van der Waals surface area contributed by atoms with E-state index in [1.165, 1.54) is 43.6 Å². The van der Waals surface area contributed by atoms with E-state index in [1.807, 2.05) is 19.1 Å². The van der Waals surface area contributed by atoms with Gasteiger partial charge in [0.15, 0.2) is 0 Å². The summed E-state index contributed by atoms with van der Waals surface area (Å²) in [5, 5.41) is 3.01. The minimum absolute atomic E-state index is 0.0777. The zero-order chi connectivity index (χ0) is 13.5. The van der Waals surface area contributed by atoms with Crippen molar-refractivity contribution in [2.75, 3.05) is 26.2 Å². The molecular weight excluding hydrogens is 256 g/mol. The second-order valence-corrected chi connectivity index (χ2v) is 6.56. The quantitative estimate of drug-likeness (QED) is 0.841. The van der Waals surface area contributed by atoms with Crippen LogP contribution in [0.4, 0.5) is 0 Å². The third kappa shape index (κ3) is 4.96. The number of likely N-dealkylation sites (tertiary alicyclic amines) is 1. The van der Waals surface area contributed by atoms with Crippen molar-refractivity contribution in [2.45, 2.75) is 39.0 Å². The first-order valence-corrected chi connectivity index (χ1v) is 8.14. The van der Waals surface area contributed by atoms with Gasteiger partial charge in [0, 0.05) is 11.4 Å². The molecule has 1 aromatic rings. The van der Waals surface area contributed by atoms with E-state index in [4.69, 9.17) is 0 Å². The number of hydrogen-bond acceptors (Lipinski definition) is 3. The summed E-state index contributed by atoms with van der Waals surface area (Å²) in [5.74, 6) is 0.0777. The summed E-state index contributed by atoms with van der Waals surface area (Å²) in [6, 6.07) is 3.90. The van der Waals surface area contributed by atoms with Crippen LogP contribution in [0.1, 0.15) is 46.7 Å². The van der Waals surface area contributed by atoms with E-state index in [0.29, 0.717) is 0 Å². The Morgan fingerprint density at radius 2 is 2.00 bits per heavy atom. The highest BCUT2D eigenvalue weighted by atomic mass is 32.1. The third-order valence-corrected chi connectivity index (χ3v) is 4.60. The molecule has 0 spiro atoms. The van der Waals surface area contributed by atoms with Crippen molar-refractivity contribution in [2.24, 2.45) is 0 Å². The Balaban J connectivity index is 1.62. The molecule has 3 nitrogen and oxygen atoms in total. The van der Waals surface area contributed by atoms with Gasteiger partial charge in [0.25, 0.3) is 5.91 Å². The zero-order valence-electron chi connectivity index (χ0n) is 11.8. The number of hydrogen-bond donors (Lipinski definition) is 1. The summed E-state index contributed by atoms with van der Waals surface area (Å²) in [4.78, 5) is 16.4. The predicted octanol–water partition coefficient (Wildman–Crippen LogP) is 3.05. The molecule has 1 fully saturated rings. The maximum Gasteiger partial charge on any atom is 0.261 e. The molecule has 1 saturated heterocycles. The minimum atomic E-state index is 0.0777. The van der Waals surface area contributed by atoms with Gasteiger partial charge >= 0.3 is 0 Å². The molecule has 1 N–H and O–H groups in total. The summed E-state index contributed by atoms with van der Waals surface area (Å²) < 4.78 is 0. The minimum Gasteiger partial charge on any atom is -0.351 e. The molecule has 0 radical (unpaired) electrons. The molecule has 106 valence electrons. The first-order chi connectivity index (χ1) is 9.25. The fourth-order valence-corrected chi connectivity index (χ4v) is 3.29. The monoisotopic (exact) mass is 280 g/mol. The lowest BCUT2D eigenvalue weighted by atomic mass is 10.2. The van der Waals surface area contributed by atoms with Crippen molar-refractivity contribution in [3.8, 4) is 0 Å². The van der Waals surface area contributed by atoms with E-state index in [2.05, 4.69) is 10.2 Å². The number of carbonyl (C=O) groups is 1. The van der Waals surface area contributed by atoms with Crippen LogP contribution in [0.5, 0.6) is 0 Å². The van der Waals surface area contributed by atoms with Crippen molar-refractivity contribution < 1.29 is 4.79 Å². The first kappa shape index (κ1) is 14.5. The molecule has 0 atom stereocenters. The van der Waals surface area contributed by atoms with Crippen molar-refractivity contribution in [3.63, 3.8) is 0 Å². The number of carbonyl (C=O) groups excluding carboxylic acids is 1. The molecule has 0 bridgehead atoms. The Kier molecular flexibility index (Phi) is 5.86. The molecule has 19 heavy (non-hydrogen) atoms. The van der Waals surface area contributed by atoms with Crippen molar-refractivity contribution in [3.05, 3.63) is 21.9 Å². The molecule has 4 heteroatoms. The SMILES string of the molecule is Cc1ccc(C(=O)NCCCN2CCCCCC2)s1. The number of rotatable bonds is 5.